The van der Waals surface area contributed by atoms with Gasteiger partial charge >= 0.3 is 0 Å². The highest BCUT2D eigenvalue weighted by Gasteiger charge is 2.26. The summed E-state index contributed by atoms with van der Waals surface area (Å²) in [7, 11) is 0. The van der Waals surface area contributed by atoms with Gasteiger partial charge < -0.3 is 13.9 Å². The molecule has 1 aromatic heterocycles. The predicted molar refractivity (Wildman–Crippen MR) is 147 cm³/mol. The molecule has 2 aliphatic heterocycles. The Hall–Kier alpha value is -4.38. The molecule has 0 saturated heterocycles. The van der Waals surface area contributed by atoms with Gasteiger partial charge in [0.25, 0.3) is 0 Å². The number of hydrogen-bond acceptors (Lipinski definition) is 5. The van der Waals surface area contributed by atoms with Crippen molar-refractivity contribution in [1.29, 1.82) is 0 Å². The molecule has 0 spiro atoms. The van der Waals surface area contributed by atoms with Gasteiger partial charge in [0.1, 0.15) is 24.4 Å². The number of aliphatic imine (C=N–C) groups is 2. The standard InChI is InChI=1S/C32H26N2O3/c1-3-9-21(10-4-1)17-23-19-35-31(33-23)27-15-7-13-25-26-14-8-16-28(30(26)37-29(25)27)32-34-24(20-36-32)18-22-11-5-2-6-12-22/h1-16,23-24H,17-20H2. The Morgan fingerprint density at radius 1 is 0.541 bits per heavy atom. The molecular weight excluding hydrogens is 460 g/mol. The van der Waals surface area contributed by atoms with Gasteiger partial charge in [-0.25, -0.2) is 9.98 Å². The second-order valence-corrected chi connectivity index (χ2v) is 9.64. The van der Waals surface area contributed by atoms with Gasteiger partial charge in [-0.15, -0.1) is 0 Å². The lowest BCUT2D eigenvalue weighted by molar-refractivity contribution is 0.316. The van der Waals surface area contributed by atoms with Gasteiger partial charge in [0.2, 0.25) is 11.8 Å². The number of fused-ring (bicyclic) bond motifs is 3. The lowest BCUT2D eigenvalue weighted by Crippen LogP contribution is -2.09. The average Bonchev–Trinajstić information content (AvgIpc) is 3.68. The number of benzene rings is 4. The molecular formula is C32H26N2O3. The van der Waals surface area contributed by atoms with Gasteiger partial charge in [-0.05, 0) is 36.1 Å². The van der Waals surface area contributed by atoms with E-state index in [0.29, 0.717) is 25.0 Å². The SMILES string of the molecule is c1ccc(CC2COC(c3cccc4c3oc3c(C5=NC(Cc6ccccc6)CO5)cccc34)=N2)cc1. The molecule has 0 saturated carbocycles. The zero-order chi connectivity index (χ0) is 24.6. The van der Waals surface area contributed by atoms with Crippen LogP contribution in [-0.4, -0.2) is 37.1 Å². The third-order valence-corrected chi connectivity index (χ3v) is 7.04. The van der Waals surface area contributed by atoms with Crippen molar-refractivity contribution in [1.82, 2.24) is 0 Å². The fourth-order valence-corrected chi connectivity index (χ4v) is 5.26. The lowest BCUT2D eigenvalue weighted by Gasteiger charge is -2.04. The first kappa shape index (κ1) is 21.9. The minimum absolute atomic E-state index is 0.0930. The first-order valence-electron chi connectivity index (χ1n) is 12.8. The van der Waals surface area contributed by atoms with E-state index in [1.807, 2.05) is 36.4 Å². The Labute approximate surface area is 215 Å². The number of rotatable bonds is 6. The largest absolute Gasteiger partial charge is 0.475 e. The van der Waals surface area contributed by atoms with Crippen molar-refractivity contribution in [3.05, 3.63) is 119 Å². The maximum atomic E-state index is 6.52. The van der Waals surface area contributed by atoms with Gasteiger partial charge in [0.05, 0.1) is 23.2 Å². The highest BCUT2D eigenvalue weighted by atomic mass is 16.5. The van der Waals surface area contributed by atoms with Gasteiger partial charge in [0, 0.05) is 10.8 Å². The average molecular weight is 487 g/mol. The molecule has 5 aromatic rings. The van der Waals surface area contributed by atoms with Crippen LogP contribution in [0.25, 0.3) is 21.9 Å². The first-order valence-corrected chi connectivity index (χ1v) is 12.8. The smallest absolute Gasteiger partial charge is 0.220 e. The second-order valence-electron chi connectivity index (χ2n) is 9.64. The number of furan rings is 1. The van der Waals surface area contributed by atoms with E-state index in [2.05, 4.69) is 60.7 Å². The molecule has 182 valence electrons. The summed E-state index contributed by atoms with van der Waals surface area (Å²) >= 11 is 0. The second kappa shape index (κ2) is 9.25. The molecule has 4 aromatic carbocycles. The molecule has 0 radical (unpaired) electrons. The summed E-state index contributed by atoms with van der Waals surface area (Å²) in [5, 5.41) is 2.07. The lowest BCUT2D eigenvalue weighted by atomic mass is 10.1. The Kier molecular flexibility index (Phi) is 5.47. The number of hydrogen-bond donors (Lipinski definition) is 0. The Balaban J connectivity index is 1.22. The molecule has 3 heterocycles. The van der Waals surface area contributed by atoms with Crippen molar-refractivity contribution in [2.75, 3.05) is 13.2 Å². The van der Waals surface area contributed by atoms with Gasteiger partial charge in [-0.2, -0.15) is 0 Å². The summed E-state index contributed by atoms with van der Waals surface area (Å²) in [4.78, 5) is 9.82. The normalized spacial score (nSPS) is 19.0. The van der Waals surface area contributed by atoms with E-state index in [9.17, 15) is 0 Å². The van der Waals surface area contributed by atoms with E-state index in [0.717, 1.165) is 45.9 Å². The molecule has 5 heteroatoms. The minimum Gasteiger partial charge on any atom is -0.475 e. The fraction of sp³-hybridized carbons (Fsp3) is 0.188. The molecule has 2 aliphatic rings. The van der Waals surface area contributed by atoms with Crippen molar-refractivity contribution in [3.8, 4) is 0 Å². The number of ether oxygens (including phenoxy) is 2. The maximum absolute atomic E-state index is 6.52. The zero-order valence-corrected chi connectivity index (χ0v) is 20.3. The molecule has 0 aliphatic carbocycles. The monoisotopic (exact) mass is 486 g/mol. The van der Waals surface area contributed by atoms with E-state index in [1.54, 1.807) is 0 Å². The van der Waals surface area contributed by atoms with Gasteiger partial charge in [-0.1, -0.05) is 84.9 Å². The molecule has 0 bridgehead atoms. The highest BCUT2D eigenvalue weighted by molar-refractivity contribution is 6.17. The molecule has 5 nitrogen and oxygen atoms in total. The van der Waals surface area contributed by atoms with Gasteiger partial charge in [-0.3, -0.25) is 0 Å². The van der Waals surface area contributed by atoms with Crippen LogP contribution in [0.5, 0.6) is 0 Å². The highest BCUT2D eigenvalue weighted by Crippen LogP contribution is 2.35. The molecule has 0 N–H and O–H groups in total. The van der Waals surface area contributed by atoms with Crippen LogP contribution in [0.1, 0.15) is 22.3 Å². The van der Waals surface area contributed by atoms with E-state index in [1.165, 1.54) is 11.1 Å². The molecule has 0 amide bonds. The van der Waals surface area contributed by atoms with Crippen LogP contribution in [0.15, 0.2) is 111 Å². The number of para-hydroxylation sites is 2. The van der Waals surface area contributed by atoms with Crippen LogP contribution in [0.4, 0.5) is 0 Å². The van der Waals surface area contributed by atoms with Crippen molar-refractivity contribution < 1.29 is 13.9 Å². The van der Waals surface area contributed by atoms with Crippen LogP contribution < -0.4 is 0 Å². The van der Waals surface area contributed by atoms with Crippen LogP contribution in [0.2, 0.25) is 0 Å². The van der Waals surface area contributed by atoms with Crippen molar-refractivity contribution >= 4 is 33.7 Å². The van der Waals surface area contributed by atoms with Crippen LogP contribution in [0, 0.1) is 0 Å². The topological polar surface area (TPSA) is 56.3 Å². The Morgan fingerprint density at radius 2 is 1.00 bits per heavy atom. The summed E-state index contributed by atoms with van der Waals surface area (Å²) in [5.41, 5.74) is 5.84. The molecule has 2 atom stereocenters. The van der Waals surface area contributed by atoms with E-state index in [4.69, 9.17) is 23.9 Å². The zero-order valence-electron chi connectivity index (χ0n) is 20.3. The van der Waals surface area contributed by atoms with Crippen LogP contribution >= 0.6 is 0 Å². The molecule has 7 rings (SSSR count). The predicted octanol–water partition coefficient (Wildman–Crippen LogP) is 6.36. The van der Waals surface area contributed by atoms with Crippen molar-refractivity contribution in [3.63, 3.8) is 0 Å². The Morgan fingerprint density at radius 3 is 1.46 bits per heavy atom. The van der Waals surface area contributed by atoms with E-state index in [-0.39, 0.29) is 12.1 Å². The quantitative estimate of drug-likeness (QED) is 0.281. The van der Waals surface area contributed by atoms with Crippen molar-refractivity contribution in [2.24, 2.45) is 9.98 Å². The summed E-state index contributed by atoms with van der Waals surface area (Å²) < 4.78 is 18.7. The number of nitrogens with zero attached hydrogens (tertiary/aromatic N) is 2. The molecule has 37 heavy (non-hydrogen) atoms. The minimum atomic E-state index is 0.0930. The fourth-order valence-electron chi connectivity index (χ4n) is 5.26. The Bertz CT molecular complexity index is 1520. The van der Waals surface area contributed by atoms with Gasteiger partial charge in [0.15, 0.2) is 0 Å². The first-order chi connectivity index (χ1) is 18.3. The third-order valence-electron chi connectivity index (χ3n) is 7.04. The van der Waals surface area contributed by atoms with Crippen molar-refractivity contribution in [2.45, 2.75) is 24.9 Å². The van der Waals surface area contributed by atoms with E-state index < -0.39 is 0 Å². The summed E-state index contributed by atoms with van der Waals surface area (Å²) in [6, 6.07) is 33.3. The maximum Gasteiger partial charge on any atom is 0.220 e. The van der Waals surface area contributed by atoms with E-state index >= 15 is 0 Å². The van der Waals surface area contributed by atoms with Crippen LogP contribution in [-0.2, 0) is 22.3 Å². The summed E-state index contributed by atoms with van der Waals surface area (Å²) in [5.74, 6) is 1.29. The summed E-state index contributed by atoms with van der Waals surface area (Å²) in [6.45, 7) is 1.14. The molecule has 2 unspecified atom stereocenters. The summed E-state index contributed by atoms with van der Waals surface area (Å²) in [6.07, 6.45) is 1.71. The molecule has 0 fully saturated rings. The third kappa shape index (κ3) is 4.16. The van der Waals surface area contributed by atoms with Crippen LogP contribution in [0.3, 0.4) is 0 Å².